The summed E-state index contributed by atoms with van der Waals surface area (Å²) in [5.41, 5.74) is 0. The van der Waals surface area contributed by atoms with E-state index in [0.717, 1.165) is 17.7 Å². The van der Waals surface area contributed by atoms with Gasteiger partial charge in [0.1, 0.15) is 0 Å². The third kappa shape index (κ3) is 3.46. The molecule has 1 aromatic rings. The van der Waals surface area contributed by atoms with E-state index in [2.05, 4.69) is 36.3 Å². The number of hydrogen-bond acceptors (Lipinski definition) is 3. The fourth-order valence-electron chi connectivity index (χ4n) is 2.48. The quantitative estimate of drug-likeness (QED) is 0.867. The molecule has 3 atom stereocenters. The zero-order chi connectivity index (χ0) is 12.1. The highest BCUT2D eigenvalue weighted by atomic mass is 32.2. The van der Waals surface area contributed by atoms with Gasteiger partial charge < -0.3 is 5.32 Å². The van der Waals surface area contributed by atoms with Crippen LogP contribution < -0.4 is 5.32 Å². The van der Waals surface area contributed by atoms with Crippen LogP contribution in [0.4, 0.5) is 0 Å². The van der Waals surface area contributed by atoms with Crippen LogP contribution in [0, 0.1) is 5.92 Å². The summed E-state index contributed by atoms with van der Waals surface area (Å²) in [5.74, 6) is 0.744. The highest BCUT2D eigenvalue weighted by Crippen LogP contribution is 2.38. The molecule has 1 aliphatic rings. The lowest BCUT2D eigenvalue weighted by atomic mass is 10.1. The second-order valence-corrected chi connectivity index (χ2v) is 6.08. The molecule has 0 bridgehead atoms. The molecule has 94 valence electrons. The first kappa shape index (κ1) is 12.9. The first-order valence-electron chi connectivity index (χ1n) is 6.62. The van der Waals surface area contributed by atoms with E-state index in [1.54, 1.807) is 0 Å². The molecule has 1 heterocycles. The molecule has 1 fully saturated rings. The van der Waals surface area contributed by atoms with Crippen LogP contribution in [0.1, 0.15) is 33.1 Å². The Morgan fingerprint density at radius 3 is 3.00 bits per heavy atom. The monoisotopic (exact) mass is 250 g/mol. The maximum atomic E-state index is 4.41. The smallest absolute Gasteiger partial charge is 0.0962 e. The summed E-state index contributed by atoms with van der Waals surface area (Å²) in [6.45, 7) is 5.75. The SMILES string of the molecule is CCCNC1CCC(Sc2ccccn2)C1C. The molecule has 2 nitrogen and oxygen atoms in total. The maximum Gasteiger partial charge on any atom is 0.0962 e. The topological polar surface area (TPSA) is 24.9 Å². The standard InChI is InChI=1S/C14H22N2S/c1-3-9-15-12-7-8-13(11(12)2)17-14-6-4-5-10-16-14/h4-6,10-13,15H,3,7-9H2,1-2H3. The Kier molecular flexibility index (Phi) is 4.86. The largest absolute Gasteiger partial charge is 0.314 e. The Morgan fingerprint density at radius 2 is 2.29 bits per heavy atom. The molecular weight excluding hydrogens is 228 g/mol. The number of thioether (sulfide) groups is 1. The van der Waals surface area contributed by atoms with E-state index in [0.29, 0.717) is 6.04 Å². The van der Waals surface area contributed by atoms with E-state index < -0.39 is 0 Å². The minimum absolute atomic E-state index is 0.705. The number of nitrogens with zero attached hydrogens (tertiary/aromatic N) is 1. The van der Waals surface area contributed by atoms with E-state index in [1.807, 2.05) is 24.0 Å². The molecule has 0 amide bonds. The number of rotatable bonds is 5. The van der Waals surface area contributed by atoms with Crippen molar-refractivity contribution in [2.45, 2.75) is 49.4 Å². The van der Waals surface area contributed by atoms with Gasteiger partial charge in [0.05, 0.1) is 5.03 Å². The van der Waals surface area contributed by atoms with Gasteiger partial charge in [-0.1, -0.05) is 19.9 Å². The third-order valence-corrected chi connectivity index (χ3v) is 5.00. The van der Waals surface area contributed by atoms with Gasteiger partial charge >= 0.3 is 0 Å². The first-order valence-corrected chi connectivity index (χ1v) is 7.50. The van der Waals surface area contributed by atoms with Crippen molar-refractivity contribution in [3.05, 3.63) is 24.4 Å². The lowest BCUT2D eigenvalue weighted by molar-refractivity contribution is 0.431. The Bertz CT molecular complexity index is 328. The second-order valence-electron chi connectivity index (χ2n) is 4.82. The first-order chi connectivity index (χ1) is 8.31. The van der Waals surface area contributed by atoms with Crippen molar-refractivity contribution < 1.29 is 0 Å². The minimum Gasteiger partial charge on any atom is -0.314 e. The Balaban J connectivity index is 1.87. The molecule has 0 aliphatic heterocycles. The molecule has 3 heteroatoms. The van der Waals surface area contributed by atoms with E-state index in [4.69, 9.17) is 0 Å². The van der Waals surface area contributed by atoms with Gasteiger partial charge in [-0.15, -0.1) is 11.8 Å². The van der Waals surface area contributed by atoms with Crippen molar-refractivity contribution in [3.8, 4) is 0 Å². The summed E-state index contributed by atoms with van der Waals surface area (Å²) in [5, 5.41) is 5.55. The van der Waals surface area contributed by atoms with Gasteiger partial charge in [-0.25, -0.2) is 4.98 Å². The molecule has 0 spiro atoms. The average Bonchev–Trinajstić information content (AvgIpc) is 2.70. The molecule has 1 saturated carbocycles. The fourth-order valence-corrected chi connectivity index (χ4v) is 3.73. The number of aromatic nitrogens is 1. The summed E-state index contributed by atoms with van der Waals surface area (Å²) >= 11 is 1.95. The van der Waals surface area contributed by atoms with Crippen LogP contribution in [-0.4, -0.2) is 22.8 Å². The highest BCUT2D eigenvalue weighted by molar-refractivity contribution is 7.99. The van der Waals surface area contributed by atoms with Gasteiger partial charge in [-0.2, -0.15) is 0 Å². The van der Waals surface area contributed by atoms with Crippen molar-refractivity contribution in [2.75, 3.05) is 6.54 Å². The van der Waals surface area contributed by atoms with Crippen molar-refractivity contribution in [3.63, 3.8) is 0 Å². The van der Waals surface area contributed by atoms with Crippen LogP contribution in [0.5, 0.6) is 0 Å². The van der Waals surface area contributed by atoms with Crippen LogP contribution >= 0.6 is 11.8 Å². The highest BCUT2D eigenvalue weighted by Gasteiger charge is 2.32. The van der Waals surface area contributed by atoms with E-state index >= 15 is 0 Å². The Labute approximate surface area is 109 Å². The molecule has 3 unspecified atom stereocenters. The number of hydrogen-bond donors (Lipinski definition) is 1. The normalized spacial score (nSPS) is 28.5. The van der Waals surface area contributed by atoms with Crippen LogP contribution in [0.25, 0.3) is 0 Å². The van der Waals surface area contributed by atoms with Gasteiger partial charge in [0.25, 0.3) is 0 Å². The van der Waals surface area contributed by atoms with E-state index in [9.17, 15) is 0 Å². The lowest BCUT2D eigenvalue weighted by Gasteiger charge is -2.21. The van der Waals surface area contributed by atoms with Crippen molar-refractivity contribution in [2.24, 2.45) is 5.92 Å². The predicted octanol–water partition coefficient (Wildman–Crippen LogP) is 3.34. The predicted molar refractivity (Wildman–Crippen MR) is 74.4 cm³/mol. The summed E-state index contributed by atoms with van der Waals surface area (Å²) in [6, 6.07) is 6.87. The van der Waals surface area contributed by atoms with Gasteiger partial charge in [0, 0.05) is 17.5 Å². The van der Waals surface area contributed by atoms with Crippen LogP contribution in [0.15, 0.2) is 29.4 Å². The molecule has 0 aromatic carbocycles. The van der Waals surface area contributed by atoms with Crippen LogP contribution in [-0.2, 0) is 0 Å². The van der Waals surface area contributed by atoms with Gasteiger partial charge in [0.15, 0.2) is 0 Å². The second kappa shape index (κ2) is 6.41. The van der Waals surface area contributed by atoms with Gasteiger partial charge in [-0.05, 0) is 43.9 Å². The molecule has 0 saturated heterocycles. The third-order valence-electron chi connectivity index (χ3n) is 3.55. The van der Waals surface area contributed by atoms with Gasteiger partial charge in [0.2, 0.25) is 0 Å². The summed E-state index contributed by atoms with van der Waals surface area (Å²) in [6.07, 6.45) is 5.73. The summed E-state index contributed by atoms with van der Waals surface area (Å²) in [7, 11) is 0. The maximum absolute atomic E-state index is 4.41. The Morgan fingerprint density at radius 1 is 1.41 bits per heavy atom. The molecule has 1 aliphatic carbocycles. The van der Waals surface area contributed by atoms with Crippen molar-refractivity contribution in [1.29, 1.82) is 0 Å². The lowest BCUT2D eigenvalue weighted by Crippen LogP contribution is -2.33. The summed E-state index contributed by atoms with van der Waals surface area (Å²) < 4.78 is 0. The van der Waals surface area contributed by atoms with E-state index in [1.165, 1.54) is 24.3 Å². The summed E-state index contributed by atoms with van der Waals surface area (Å²) in [4.78, 5) is 4.41. The molecule has 17 heavy (non-hydrogen) atoms. The molecular formula is C14H22N2S. The van der Waals surface area contributed by atoms with Crippen molar-refractivity contribution >= 4 is 11.8 Å². The fraction of sp³-hybridized carbons (Fsp3) is 0.643. The van der Waals surface area contributed by atoms with E-state index in [-0.39, 0.29) is 0 Å². The average molecular weight is 250 g/mol. The number of nitrogens with one attached hydrogen (secondary N) is 1. The minimum atomic E-state index is 0.705. The number of pyridine rings is 1. The van der Waals surface area contributed by atoms with Crippen LogP contribution in [0.3, 0.4) is 0 Å². The molecule has 0 radical (unpaired) electrons. The van der Waals surface area contributed by atoms with Gasteiger partial charge in [-0.3, -0.25) is 0 Å². The van der Waals surface area contributed by atoms with Crippen LogP contribution in [0.2, 0.25) is 0 Å². The zero-order valence-corrected chi connectivity index (χ0v) is 11.5. The molecule has 2 rings (SSSR count). The molecule has 1 aromatic heterocycles. The Hall–Kier alpha value is -0.540. The zero-order valence-electron chi connectivity index (χ0n) is 10.7. The van der Waals surface area contributed by atoms with Crippen molar-refractivity contribution in [1.82, 2.24) is 10.3 Å². The molecule has 1 N–H and O–H groups in total.